The maximum atomic E-state index is 13.2. The highest BCUT2D eigenvalue weighted by molar-refractivity contribution is 5.97. The van der Waals surface area contributed by atoms with Crippen LogP contribution in [0.1, 0.15) is 34.5 Å². The van der Waals surface area contributed by atoms with Crippen LogP contribution >= 0.6 is 0 Å². The SMILES string of the molecule is CCn1c(=O)c(=O)[nH]c2cc(C(=O)NC(c3ccccc3)c3ccc(OC)cc3)ccc21. The average Bonchev–Trinajstić information content (AvgIpc) is 2.83. The molecular weight excluding hydrogens is 406 g/mol. The minimum Gasteiger partial charge on any atom is -0.497 e. The zero-order valence-corrected chi connectivity index (χ0v) is 17.8. The summed E-state index contributed by atoms with van der Waals surface area (Å²) in [6.07, 6.45) is 0. The lowest BCUT2D eigenvalue weighted by Crippen LogP contribution is -2.36. The third-order valence-electron chi connectivity index (χ3n) is 5.41. The summed E-state index contributed by atoms with van der Waals surface area (Å²) in [7, 11) is 1.60. The molecule has 1 unspecified atom stereocenters. The number of aromatic nitrogens is 2. The van der Waals surface area contributed by atoms with E-state index in [0.29, 0.717) is 23.1 Å². The molecule has 0 bridgehead atoms. The van der Waals surface area contributed by atoms with E-state index >= 15 is 0 Å². The summed E-state index contributed by atoms with van der Waals surface area (Å²) in [5.41, 5.74) is 1.90. The summed E-state index contributed by atoms with van der Waals surface area (Å²) in [6.45, 7) is 2.15. The molecule has 1 amide bonds. The van der Waals surface area contributed by atoms with Crippen LogP contribution in [0.3, 0.4) is 0 Å². The summed E-state index contributed by atoms with van der Waals surface area (Å²) in [5.74, 6) is 0.430. The maximum absolute atomic E-state index is 13.2. The van der Waals surface area contributed by atoms with E-state index in [0.717, 1.165) is 16.9 Å². The fraction of sp³-hybridized carbons (Fsp3) is 0.160. The van der Waals surface area contributed by atoms with E-state index < -0.39 is 11.1 Å². The molecule has 3 aromatic carbocycles. The van der Waals surface area contributed by atoms with Gasteiger partial charge in [0.2, 0.25) is 0 Å². The van der Waals surface area contributed by atoms with Gasteiger partial charge in [-0.2, -0.15) is 0 Å². The standard InChI is InChI=1S/C25H23N3O4/c1-3-28-21-14-11-18(15-20(21)26-24(30)25(28)31)23(29)27-22(16-7-5-4-6-8-16)17-9-12-19(32-2)13-10-17/h4-15,22H,3H2,1-2H3,(H,26,30)(H,27,29). The predicted molar refractivity (Wildman–Crippen MR) is 123 cm³/mol. The highest BCUT2D eigenvalue weighted by atomic mass is 16.5. The largest absolute Gasteiger partial charge is 0.497 e. The van der Waals surface area contributed by atoms with Crippen LogP contribution in [0.2, 0.25) is 0 Å². The second-order valence-corrected chi connectivity index (χ2v) is 7.33. The minimum atomic E-state index is -0.711. The number of carbonyl (C=O) groups is 1. The predicted octanol–water partition coefficient (Wildman–Crippen LogP) is 3.24. The van der Waals surface area contributed by atoms with Crippen molar-refractivity contribution in [1.82, 2.24) is 14.9 Å². The van der Waals surface area contributed by atoms with Gasteiger partial charge in [-0.15, -0.1) is 0 Å². The molecule has 7 nitrogen and oxygen atoms in total. The highest BCUT2D eigenvalue weighted by Gasteiger charge is 2.19. The first-order valence-corrected chi connectivity index (χ1v) is 10.3. The van der Waals surface area contributed by atoms with Gasteiger partial charge >= 0.3 is 11.1 Å². The van der Waals surface area contributed by atoms with Gasteiger partial charge in [-0.3, -0.25) is 14.4 Å². The fourth-order valence-corrected chi connectivity index (χ4v) is 3.75. The van der Waals surface area contributed by atoms with Crippen molar-refractivity contribution in [3.8, 4) is 5.75 Å². The van der Waals surface area contributed by atoms with Crippen LogP contribution in [0.5, 0.6) is 5.75 Å². The first-order valence-electron chi connectivity index (χ1n) is 10.3. The molecule has 2 N–H and O–H groups in total. The Hall–Kier alpha value is -4.13. The van der Waals surface area contributed by atoms with Crippen molar-refractivity contribution in [2.75, 3.05) is 7.11 Å². The number of nitrogens with zero attached hydrogens (tertiary/aromatic N) is 1. The number of rotatable bonds is 6. The third-order valence-corrected chi connectivity index (χ3v) is 5.41. The zero-order chi connectivity index (χ0) is 22.7. The number of hydrogen-bond acceptors (Lipinski definition) is 4. The smallest absolute Gasteiger partial charge is 0.316 e. The Morgan fingerprint density at radius 1 is 1.00 bits per heavy atom. The minimum absolute atomic E-state index is 0.299. The number of H-pyrrole nitrogens is 1. The van der Waals surface area contributed by atoms with Crippen LogP contribution in [-0.2, 0) is 6.54 Å². The van der Waals surface area contributed by atoms with E-state index in [-0.39, 0.29) is 11.9 Å². The van der Waals surface area contributed by atoms with Crippen molar-refractivity contribution in [1.29, 1.82) is 0 Å². The van der Waals surface area contributed by atoms with Crippen LogP contribution in [0.15, 0.2) is 82.4 Å². The molecule has 0 spiro atoms. The lowest BCUT2D eigenvalue weighted by Gasteiger charge is -2.20. The molecule has 0 saturated carbocycles. The van der Waals surface area contributed by atoms with Gasteiger partial charge < -0.3 is 19.6 Å². The summed E-state index contributed by atoms with van der Waals surface area (Å²) in [6, 6.07) is 21.7. The van der Waals surface area contributed by atoms with Gasteiger partial charge in [0, 0.05) is 12.1 Å². The van der Waals surface area contributed by atoms with Crippen LogP contribution in [0.4, 0.5) is 0 Å². The number of aromatic amines is 1. The molecule has 0 fully saturated rings. The quantitative estimate of drug-likeness (QED) is 0.460. The summed E-state index contributed by atoms with van der Waals surface area (Å²) in [4.78, 5) is 39.8. The molecule has 1 heterocycles. The van der Waals surface area contributed by atoms with Crippen LogP contribution in [-0.4, -0.2) is 22.6 Å². The van der Waals surface area contributed by atoms with Gasteiger partial charge in [-0.1, -0.05) is 42.5 Å². The van der Waals surface area contributed by atoms with E-state index in [1.807, 2.05) is 54.6 Å². The molecule has 4 rings (SSSR count). The van der Waals surface area contributed by atoms with Crippen molar-refractivity contribution in [2.24, 2.45) is 0 Å². The number of nitrogens with one attached hydrogen (secondary N) is 2. The molecule has 0 aliphatic carbocycles. The van der Waals surface area contributed by atoms with Crippen molar-refractivity contribution in [3.63, 3.8) is 0 Å². The zero-order valence-electron chi connectivity index (χ0n) is 17.8. The monoisotopic (exact) mass is 429 g/mol. The molecule has 0 aliphatic heterocycles. The van der Waals surface area contributed by atoms with Gasteiger partial charge in [-0.25, -0.2) is 0 Å². The van der Waals surface area contributed by atoms with Gasteiger partial charge in [0.25, 0.3) is 5.91 Å². The molecule has 0 saturated heterocycles. The van der Waals surface area contributed by atoms with Crippen molar-refractivity contribution < 1.29 is 9.53 Å². The lowest BCUT2D eigenvalue weighted by atomic mass is 9.98. The number of ether oxygens (including phenoxy) is 1. The average molecular weight is 429 g/mol. The topological polar surface area (TPSA) is 93.2 Å². The number of benzene rings is 3. The number of fused-ring (bicyclic) bond motifs is 1. The van der Waals surface area contributed by atoms with E-state index in [9.17, 15) is 14.4 Å². The number of amides is 1. The Kier molecular flexibility index (Phi) is 5.89. The fourth-order valence-electron chi connectivity index (χ4n) is 3.75. The van der Waals surface area contributed by atoms with Crippen LogP contribution in [0, 0.1) is 0 Å². The lowest BCUT2D eigenvalue weighted by molar-refractivity contribution is 0.0943. The van der Waals surface area contributed by atoms with E-state index in [4.69, 9.17) is 4.74 Å². The molecule has 1 aromatic heterocycles. The number of carbonyl (C=O) groups excluding carboxylic acids is 1. The summed E-state index contributed by atoms with van der Waals surface area (Å²) in [5, 5.41) is 3.08. The highest BCUT2D eigenvalue weighted by Crippen LogP contribution is 2.25. The van der Waals surface area contributed by atoms with Crippen molar-refractivity contribution in [2.45, 2.75) is 19.5 Å². The molecule has 0 aliphatic rings. The number of methoxy groups -OCH3 is 1. The molecule has 32 heavy (non-hydrogen) atoms. The van der Waals surface area contributed by atoms with Gasteiger partial charge in [0.1, 0.15) is 5.75 Å². The molecule has 162 valence electrons. The van der Waals surface area contributed by atoms with E-state index in [1.165, 1.54) is 4.57 Å². The van der Waals surface area contributed by atoms with Gasteiger partial charge in [0.05, 0.1) is 24.2 Å². The molecule has 0 radical (unpaired) electrons. The van der Waals surface area contributed by atoms with Crippen molar-refractivity contribution in [3.05, 3.63) is 110 Å². The Balaban J connectivity index is 1.71. The first kappa shape index (κ1) is 21.1. The number of aryl methyl sites for hydroxylation is 1. The van der Waals surface area contributed by atoms with E-state index in [2.05, 4.69) is 10.3 Å². The van der Waals surface area contributed by atoms with E-state index in [1.54, 1.807) is 32.2 Å². The Bertz CT molecular complexity index is 1370. The molecule has 4 aromatic rings. The molecule has 7 heteroatoms. The Morgan fingerprint density at radius 2 is 1.69 bits per heavy atom. The summed E-state index contributed by atoms with van der Waals surface area (Å²) >= 11 is 0. The van der Waals surface area contributed by atoms with Gasteiger partial charge in [0.15, 0.2) is 0 Å². The molecule has 1 atom stereocenters. The van der Waals surface area contributed by atoms with Crippen LogP contribution in [0.25, 0.3) is 11.0 Å². The maximum Gasteiger partial charge on any atom is 0.316 e. The second-order valence-electron chi connectivity index (χ2n) is 7.33. The molecular formula is C25H23N3O4. The Morgan fingerprint density at radius 3 is 2.34 bits per heavy atom. The summed E-state index contributed by atoms with van der Waals surface area (Å²) < 4.78 is 6.63. The first-order chi connectivity index (χ1) is 15.5. The second kappa shape index (κ2) is 8.93. The van der Waals surface area contributed by atoms with Crippen LogP contribution < -0.4 is 21.2 Å². The third kappa shape index (κ3) is 4.05. The Labute approximate surface area is 184 Å². The number of hydrogen-bond donors (Lipinski definition) is 2. The normalized spacial score (nSPS) is 11.8. The van der Waals surface area contributed by atoms with Crippen molar-refractivity contribution >= 4 is 16.9 Å². The van der Waals surface area contributed by atoms with Gasteiger partial charge in [-0.05, 0) is 48.4 Å².